The van der Waals surface area contributed by atoms with Gasteiger partial charge in [-0.15, -0.1) is 0 Å². The van der Waals surface area contributed by atoms with Crippen molar-refractivity contribution < 1.29 is 4.79 Å². The molecule has 0 saturated carbocycles. The number of aryl methyl sites for hydroxylation is 1. The first kappa shape index (κ1) is 15.8. The maximum absolute atomic E-state index is 12.1. The third-order valence-electron chi connectivity index (χ3n) is 3.91. The molecule has 1 aromatic carbocycles. The van der Waals surface area contributed by atoms with Crippen LogP contribution in [0.15, 0.2) is 18.2 Å². The van der Waals surface area contributed by atoms with Gasteiger partial charge in [0.2, 0.25) is 5.91 Å². The van der Waals surface area contributed by atoms with Gasteiger partial charge in [0.25, 0.3) is 0 Å². The number of nitrogens with zero attached hydrogens (tertiary/aromatic N) is 2. The van der Waals surface area contributed by atoms with Crippen LogP contribution in [-0.4, -0.2) is 55.0 Å². The first-order valence-corrected chi connectivity index (χ1v) is 7.69. The number of hydrogen-bond donors (Lipinski definition) is 2. The zero-order valence-electron chi connectivity index (χ0n) is 13.1. The predicted molar refractivity (Wildman–Crippen MR) is 87.4 cm³/mol. The van der Waals surface area contributed by atoms with E-state index in [-0.39, 0.29) is 5.91 Å². The molecule has 1 saturated heterocycles. The highest BCUT2D eigenvalue weighted by Crippen LogP contribution is 2.18. The van der Waals surface area contributed by atoms with Crippen molar-refractivity contribution in [3.8, 4) is 0 Å². The highest BCUT2D eigenvalue weighted by Gasteiger charge is 2.18. The number of anilines is 2. The summed E-state index contributed by atoms with van der Waals surface area (Å²) in [5.41, 5.74) is 8.28. The van der Waals surface area contributed by atoms with Crippen LogP contribution in [0, 0.1) is 6.92 Å². The van der Waals surface area contributed by atoms with Crippen molar-refractivity contribution in [3.63, 3.8) is 0 Å². The van der Waals surface area contributed by atoms with Crippen molar-refractivity contribution in [2.75, 3.05) is 50.3 Å². The molecule has 0 aromatic heterocycles. The van der Waals surface area contributed by atoms with Gasteiger partial charge in [0.05, 0.1) is 6.54 Å². The molecule has 5 nitrogen and oxygen atoms in total. The van der Waals surface area contributed by atoms with Crippen molar-refractivity contribution >= 4 is 17.3 Å². The SMILES string of the molecule is CCCN1CCN(CC(=O)Nc2cc(N)ccc2C)CC1. The van der Waals surface area contributed by atoms with E-state index in [1.54, 1.807) is 0 Å². The Labute approximate surface area is 127 Å². The fourth-order valence-corrected chi connectivity index (χ4v) is 2.65. The first-order valence-electron chi connectivity index (χ1n) is 7.69. The molecule has 0 atom stereocenters. The molecule has 5 heteroatoms. The van der Waals surface area contributed by atoms with Gasteiger partial charge in [0.1, 0.15) is 0 Å². The summed E-state index contributed by atoms with van der Waals surface area (Å²) in [5.74, 6) is 0.0349. The fourth-order valence-electron chi connectivity index (χ4n) is 2.65. The second kappa shape index (κ2) is 7.43. The molecule has 1 aliphatic heterocycles. The third-order valence-corrected chi connectivity index (χ3v) is 3.91. The smallest absolute Gasteiger partial charge is 0.238 e. The van der Waals surface area contributed by atoms with Crippen molar-refractivity contribution in [3.05, 3.63) is 23.8 Å². The van der Waals surface area contributed by atoms with Crippen LogP contribution in [0.4, 0.5) is 11.4 Å². The molecule has 2 rings (SSSR count). The van der Waals surface area contributed by atoms with E-state index >= 15 is 0 Å². The molecule has 21 heavy (non-hydrogen) atoms. The third kappa shape index (κ3) is 4.72. The number of carbonyl (C=O) groups excluding carboxylic acids is 1. The molecule has 1 heterocycles. The summed E-state index contributed by atoms with van der Waals surface area (Å²) in [7, 11) is 0. The fraction of sp³-hybridized carbons (Fsp3) is 0.562. The molecule has 0 radical (unpaired) electrons. The summed E-state index contributed by atoms with van der Waals surface area (Å²) in [4.78, 5) is 16.8. The Morgan fingerprint density at radius 3 is 2.57 bits per heavy atom. The molecule has 0 unspecified atom stereocenters. The molecule has 116 valence electrons. The lowest BCUT2D eigenvalue weighted by atomic mass is 10.2. The van der Waals surface area contributed by atoms with Crippen LogP contribution >= 0.6 is 0 Å². The standard InChI is InChI=1S/C16H26N4O/c1-3-6-19-7-9-20(10-8-19)12-16(21)18-15-11-14(17)5-4-13(15)2/h4-5,11H,3,6-10,12,17H2,1-2H3,(H,18,21). The van der Waals surface area contributed by atoms with Gasteiger partial charge in [0.15, 0.2) is 0 Å². The van der Waals surface area contributed by atoms with Gasteiger partial charge >= 0.3 is 0 Å². The van der Waals surface area contributed by atoms with E-state index in [9.17, 15) is 4.79 Å². The molecule has 1 amide bonds. The van der Waals surface area contributed by atoms with Crippen LogP contribution in [0.3, 0.4) is 0 Å². The van der Waals surface area contributed by atoms with E-state index in [0.717, 1.165) is 44.0 Å². The van der Waals surface area contributed by atoms with E-state index in [4.69, 9.17) is 5.73 Å². The normalized spacial score (nSPS) is 16.9. The molecule has 1 aliphatic rings. The number of nitrogens with one attached hydrogen (secondary N) is 1. The Hall–Kier alpha value is -1.59. The summed E-state index contributed by atoms with van der Waals surface area (Å²) in [6.07, 6.45) is 1.19. The largest absolute Gasteiger partial charge is 0.399 e. The van der Waals surface area contributed by atoms with Gasteiger partial charge in [-0.1, -0.05) is 13.0 Å². The van der Waals surface area contributed by atoms with Gasteiger partial charge in [-0.2, -0.15) is 0 Å². The van der Waals surface area contributed by atoms with E-state index in [2.05, 4.69) is 22.0 Å². The number of nitrogens with two attached hydrogens (primary N) is 1. The average molecular weight is 290 g/mol. The summed E-state index contributed by atoms with van der Waals surface area (Å²) in [6, 6.07) is 5.58. The van der Waals surface area contributed by atoms with Crippen molar-refractivity contribution in [2.45, 2.75) is 20.3 Å². The predicted octanol–water partition coefficient (Wildman–Crippen LogP) is 1.54. The van der Waals surface area contributed by atoms with E-state index in [1.165, 1.54) is 6.42 Å². The van der Waals surface area contributed by atoms with Gasteiger partial charge in [-0.05, 0) is 37.6 Å². The van der Waals surface area contributed by atoms with Crippen LogP contribution in [0.5, 0.6) is 0 Å². The minimum Gasteiger partial charge on any atom is -0.399 e. The zero-order chi connectivity index (χ0) is 15.2. The van der Waals surface area contributed by atoms with Crippen LogP contribution in [0.1, 0.15) is 18.9 Å². The minimum atomic E-state index is 0.0349. The van der Waals surface area contributed by atoms with Crippen molar-refractivity contribution in [2.24, 2.45) is 0 Å². The van der Waals surface area contributed by atoms with E-state index < -0.39 is 0 Å². The lowest BCUT2D eigenvalue weighted by Gasteiger charge is -2.34. The lowest BCUT2D eigenvalue weighted by Crippen LogP contribution is -2.48. The van der Waals surface area contributed by atoms with Crippen molar-refractivity contribution in [1.82, 2.24) is 9.80 Å². The molecule has 3 N–H and O–H groups in total. The Kier molecular flexibility index (Phi) is 5.59. The molecule has 1 fully saturated rings. The number of piperazine rings is 1. The number of rotatable bonds is 5. The van der Waals surface area contributed by atoms with Gasteiger partial charge < -0.3 is 16.0 Å². The van der Waals surface area contributed by atoms with Crippen LogP contribution in [0.2, 0.25) is 0 Å². The second-order valence-electron chi connectivity index (χ2n) is 5.74. The zero-order valence-corrected chi connectivity index (χ0v) is 13.1. The summed E-state index contributed by atoms with van der Waals surface area (Å²) in [5, 5.41) is 2.96. The molecular formula is C16H26N4O. The highest BCUT2D eigenvalue weighted by atomic mass is 16.2. The maximum atomic E-state index is 12.1. The Morgan fingerprint density at radius 2 is 1.90 bits per heavy atom. The Morgan fingerprint density at radius 1 is 1.24 bits per heavy atom. The Balaban J connectivity index is 1.81. The highest BCUT2D eigenvalue weighted by molar-refractivity contribution is 5.93. The summed E-state index contributed by atoms with van der Waals surface area (Å²) >= 11 is 0. The summed E-state index contributed by atoms with van der Waals surface area (Å²) in [6.45, 7) is 9.81. The number of carbonyl (C=O) groups is 1. The van der Waals surface area contributed by atoms with Crippen LogP contribution < -0.4 is 11.1 Å². The van der Waals surface area contributed by atoms with E-state index in [0.29, 0.717) is 12.2 Å². The van der Waals surface area contributed by atoms with Crippen LogP contribution in [0.25, 0.3) is 0 Å². The monoisotopic (exact) mass is 290 g/mol. The van der Waals surface area contributed by atoms with Gasteiger partial charge in [-0.3, -0.25) is 9.69 Å². The lowest BCUT2D eigenvalue weighted by molar-refractivity contribution is -0.117. The van der Waals surface area contributed by atoms with Crippen molar-refractivity contribution in [1.29, 1.82) is 0 Å². The van der Waals surface area contributed by atoms with Gasteiger partial charge in [-0.25, -0.2) is 0 Å². The maximum Gasteiger partial charge on any atom is 0.238 e. The summed E-state index contributed by atoms with van der Waals surface area (Å²) < 4.78 is 0. The number of benzene rings is 1. The number of hydrogen-bond acceptors (Lipinski definition) is 4. The molecular weight excluding hydrogens is 264 g/mol. The first-order chi connectivity index (χ1) is 10.1. The topological polar surface area (TPSA) is 61.6 Å². The second-order valence-corrected chi connectivity index (χ2v) is 5.74. The quantitative estimate of drug-likeness (QED) is 0.808. The Bertz CT molecular complexity index is 481. The van der Waals surface area contributed by atoms with Crippen LogP contribution in [-0.2, 0) is 4.79 Å². The molecule has 0 bridgehead atoms. The minimum absolute atomic E-state index is 0.0349. The molecule has 0 spiro atoms. The number of nitrogen functional groups attached to an aromatic ring is 1. The molecule has 0 aliphatic carbocycles. The number of amides is 1. The molecule has 1 aromatic rings. The van der Waals surface area contributed by atoms with Gasteiger partial charge in [0, 0.05) is 37.6 Å². The average Bonchev–Trinajstić information content (AvgIpc) is 2.45. The van der Waals surface area contributed by atoms with E-state index in [1.807, 2.05) is 25.1 Å².